The number of rotatable bonds is 5. The predicted octanol–water partition coefficient (Wildman–Crippen LogP) is 3.58. The molecular weight excluding hydrogens is 362 g/mol. The van der Waals surface area contributed by atoms with Gasteiger partial charge in [-0.05, 0) is 42.7 Å². The Morgan fingerprint density at radius 2 is 1.76 bits per heavy atom. The maximum Gasteiger partial charge on any atom is 0.345 e. The lowest BCUT2D eigenvalue weighted by Crippen LogP contribution is -2.44. The Kier molecular flexibility index (Phi) is 5.42. The highest BCUT2D eigenvalue weighted by atomic mass is 35.5. The SMILES string of the molecule is O=C(O)c1ccc(C(=O)NCC2(c3ccc(Cl)cc3)CCOCC2)s1. The molecule has 0 aliphatic carbocycles. The Morgan fingerprint density at radius 1 is 1.12 bits per heavy atom. The smallest absolute Gasteiger partial charge is 0.345 e. The predicted molar refractivity (Wildman–Crippen MR) is 96.8 cm³/mol. The van der Waals surface area contributed by atoms with Crippen LogP contribution in [0.15, 0.2) is 36.4 Å². The molecule has 132 valence electrons. The van der Waals surface area contributed by atoms with Crippen molar-refractivity contribution in [1.29, 1.82) is 0 Å². The number of amides is 1. The van der Waals surface area contributed by atoms with E-state index < -0.39 is 5.97 Å². The highest BCUT2D eigenvalue weighted by Crippen LogP contribution is 2.35. The van der Waals surface area contributed by atoms with Gasteiger partial charge in [-0.15, -0.1) is 11.3 Å². The summed E-state index contributed by atoms with van der Waals surface area (Å²) < 4.78 is 5.49. The van der Waals surface area contributed by atoms with Crippen LogP contribution in [0.5, 0.6) is 0 Å². The van der Waals surface area contributed by atoms with Crippen LogP contribution in [0.25, 0.3) is 0 Å². The summed E-state index contributed by atoms with van der Waals surface area (Å²) >= 11 is 6.97. The topological polar surface area (TPSA) is 75.6 Å². The van der Waals surface area contributed by atoms with Crippen molar-refractivity contribution in [1.82, 2.24) is 5.32 Å². The molecule has 0 spiro atoms. The van der Waals surface area contributed by atoms with Crippen molar-refractivity contribution in [3.63, 3.8) is 0 Å². The molecule has 7 heteroatoms. The van der Waals surface area contributed by atoms with Gasteiger partial charge in [-0.2, -0.15) is 0 Å². The van der Waals surface area contributed by atoms with E-state index in [0.29, 0.717) is 29.7 Å². The molecule has 1 aliphatic rings. The average molecular weight is 380 g/mol. The van der Waals surface area contributed by atoms with E-state index in [2.05, 4.69) is 5.32 Å². The van der Waals surface area contributed by atoms with Crippen LogP contribution in [0, 0.1) is 0 Å². The van der Waals surface area contributed by atoms with Crippen LogP contribution in [0.2, 0.25) is 5.02 Å². The Balaban J connectivity index is 1.75. The first-order chi connectivity index (χ1) is 12.0. The second-order valence-electron chi connectivity index (χ2n) is 6.05. The fourth-order valence-electron chi connectivity index (χ4n) is 3.04. The lowest BCUT2D eigenvalue weighted by atomic mass is 9.74. The lowest BCUT2D eigenvalue weighted by molar-refractivity contribution is 0.0487. The molecule has 25 heavy (non-hydrogen) atoms. The monoisotopic (exact) mass is 379 g/mol. The Bertz CT molecular complexity index is 766. The molecule has 2 aromatic rings. The minimum atomic E-state index is -1.02. The first-order valence-electron chi connectivity index (χ1n) is 7.95. The van der Waals surface area contributed by atoms with E-state index in [1.54, 1.807) is 6.07 Å². The number of hydrogen-bond acceptors (Lipinski definition) is 4. The summed E-state index contributed by atoms with van der Waals surface area (Å²) in [5, 5.41) is 12.6. The number of thiophene rings is 1. The summed E-state index contributed by atoms with van der Waals surface area (Å²) in [4.78, 5) is 23.9. The molecule has 1 fully saturated rings. The number of carboxylic acids is 1. The van der Waals surface area contributed by atoms with Gasteiger partial charge in [-0.25, -0.2) is 4.79 Å². The minimum Gasteiger partial charge on any atom is -0.477 e. The van der Waals surface area contributed by atoms with Crippen LogP contribution in [0.1, 0.15) is 37.7 Å². The molecule has 0 saturated carbocycles. The summed E-state index contributed by atoms with van der Waals surface area (Å²) in [6, 6.07) is 10.7. The molecular formula is C18H18ClNO4S. The Morgan fingerprint density at radius 3 is 2.36 bits per heavy atom. The highest BCUT2D eigenvalue weighted by molar-refractivity contribution is 7.15. The standard InChI is InChI=1S/C18H18ClNO4S/c19-13-3-1-12(2-4-13)18(7-9-24-10-8-18)11-20-16(21)14-5-6-15(25-14)17(22)23/h1-6H,7-11H2,(H,20,21)(H,22,23). The van der Waals surface area contributed by atoms with Gasteiger partial charge in [0, 0.05) is 30.2 Å². The molecule has 1 amide bonds. The van der Waals surface area contributed by atoms with E-state index >= 15 is 0 Å². The van der Waals surface area contributed by atoms with Crippen LogP contribution >= 0.6 is 22.9 Å². The van der Waals surface area contributed by atoms with Crippen LogP contribution in [0.4, 0.5) is 0 Å². The van der Waals surface area contributed by atoms with Crippen molar-refractivity contribution in [2.75, 3.05) is 19.8 Å². The molecule has 0 atom stereocenters. The average Bonchev–Trinajstić information content (AvgIpc) is 3.12. The molecule has 2 N–H and O–H groups in total. The first-order valence-corrected chi connectivity index (χ1v) is 9.15. The molecule has 0 unspecified atom stereocenters. The number of ether oxygens (including phenoxy) is 1. The summed E-state index contributed by atoms with van der Waals surface area (Å²) in [6.07, 6.45) is 1.61. The molecule has 2 heterocycles. The van der Waals surface area contributed by atoms with Crippen LogP contribution in [-0.4, -0.2) is 36.7 Å². The quantitative estimate of drug-likeness (QED) is 0.832. The summed E-state index contributed by atoms with van der Waals surface area (Å²) in [7, 11) is 0. The number of benzene rings is 1. The van der Waals surface area contributed by atoms with E-state index in [9.17, 15) is 9.59 Å². The lowest BCUT2D eigenvalue weighted by Gasteiger charge is -2.38. The van der Waals surface area contributed by atoms with E-state index in [0.717, 1.165) is 29.7 Å². The van der Waals surface area contributed by atoms with Gasteiger partial charge in [0.15, 0.2) is 0 Å². The minimum absolute atomic E-state index is 0.156. The van der Waals surface area contributed by atoms with Crippen molar-refractivity contribution in [3.05, 3.63) is 56.7 Å². The number of hydrogen-bond donors (Lipinski definition) is 2. The van der Waals surface area contributed by atoms with E-state index in [-0.39, 0.29) is 16.2 Å². The van der Waals surface area contributed by atoms with Crippen molar-refractivity contribution in [2.45, 2.75) is 18.3 Å². The van der Waals surface area contributed by atoms with Gasteiger partial charge < -0.3 is 15.2 Å². The van der Waals surface area contributed by atoms with Gasteiger partial charge in [-0.1, -0.05) is 23.7 Å². The van der Waals surface area contributed by atoms with Crippen molar-refractivity contribution < 1.29 is 19.4 Å². The molecule has 0 bridgehead atoms. The zero-order valence-electron chi connectivity index (χ0n) is 13.5. The highest BCUT2D eigenvalue weighted by Gasteiger charge is 2.35. The van der Waals surface area contributed by atoms with Crippen molar-refractivity contribution in [3.8, 4) is 0 Å². The molecule has 1 saturated heterocycles. The number of carbonyl (C=O) groups is 2. The molecule has 0 radical (unpaired) electrons. The molecule has 3 rings (SSSR count). The maximum absolute atomic E-state index is 12.4. The second kappa shape index (κ2) is 7.56. The van der Waals surface area contributed by atoms with Gasteiger partial charge in [0.05, 0.1) is 4.88 Å². The third kappa shape index (κ3) is 4.03. The number of halogens is 1. The number of carboxylic acid groups (broad SMARTS) is 1. The fraction of sp³-hybridized carbons (Fsp3) is 0.333. The van der Waals surface area contributed by atoms with E-state index in [1.807, 2.05) is 24.3 Å². The zero-order valence-corrected chi connectivity index (χ0v) is 15.0. The van der Waals surface area contributed by atoms with Gasteiger partial charge in [0.1, 0.15) is 4.88 Å². The molecule has 5 nitrogen and oxygen atoms in total. The molecule has 1 aromatic heterocycles. The van der Waals surface area contributed by atoms with Gasteiger partial charge in [-0.3, -0.25) is 4.79 Å². The van der Waals surface area contributed by atoms with Crippen LogP contribution < -0.4 is 5.32 Å². The summed E-state index contributed by atoms with van der Waals surface area (Å²) in [6.45, 7) is 1.75. The maximum atomic E-state index is 12.4. The molecule has 1 aromatic carbocycles. The third-order valence-corrected chi connectivity index (χ3v) is 5.86. The van der Waals surface area contributed by atoms with Crippen molar-refractivity contribution in [2.24, 2.45) is 0 Å². The normalized spacial score (nSPS) is 16.4. The third-order valence-electron chi connectivity index (χ3n) is 4.53. The van der Waals surface area contributed by atoms with E-state index in [4.69, 9.17) is 21.4 Å². The van der Waals surface area contributed by atoms with Crippen LogP contribution in [0.3, 0.4) is 0 Å². The first kappa shape index (κ1) is 17.9. The second-order valence-corrected chi connectivity index (χ2v) is 7.57. The molecule has 1 aliphatic heterocycles. The fourth-order valence-corrected chi connectivity index (χ4v) is 3.93. The summed E-state index contributed by atoms with van der Waals surface area (Å²) in [5.41, 5.74) is 0.920. The number of carbonyl (C=O) groups excluding carboxylic acids is 1. The van der Waals surface area contributed by atoms with E-state index in [1.165, 1.54) is 6.07 Å². The van der Waals surface area contributed by atoms with Crippen LogP contribution in [-0.2, 0) is 10.2 Å². The Hall–Kier alpha value is -1.89. The number of nitrogens with one attached hydrogen (secondary N) is 1. The van der Waals surface area contributed by atoms with Gasteiger partial charge in [0.2, 0.25) is 0 Å². The Labute approximate surface area is 154 Å². The summed E-state index contributed by atoms with van der Waals surface area (Å²) in [5.74, 6) is -1.27. The zero-order chi connectivity index (χ0) is 17.9. The largest absolute Gasteiger partial charge is 0.477 e. The number of aromatic carboxylic acids is 1. The van der Waals surface area contributed by atoms with Crippen molar-refractivity contribution >= 4 is 34.8 Å². The van der Waals surface area contributed by atoms with Gasteiger partial charge >= 0.3 is 5.97 Å². The van der Waals surface area contributed by atoms with Gasteiger partial charge in [0.25, 0.3) is 5.91 Å².